The van der Waals surface area contributed by atoms with E-state index in [0.717, 1.165) is 44.4 Å². The molecule has 0 atom stereocenters. The molecule has 5 nitrogen and oxygen atoms in total. The van der Waals surface area contributed by atoms with Crippen molar-refractivity contribution in [1.29, 1.82) is 0 Å². The van der Waals surface area contributed by atoms with E-state index in [-0.39, 0.29) is 0 Å². The molecule has 1 saturated heterocycles. The molecule has 0 N–H and O–H groups in total. The van der Waals surface area contributed by atoms with Crippen LogP contribution in [0.25, 0.3) is 0 Å². The molecule has 0 saturated carbocycles. The standard InChI is InChI=1S/C23H27N5/c1-19-7-6-10-21(15-19)27-11-13-28(14-12-27)23-16-22(24-18-25-23)26(2)17-20-8-4-3-5-9-20/h3-10,15-16,18H,11-14,17H2,1-2H3. The van der Waals surface area contributed by atoms with Gasteiger partial charge in [-0.1, -0.05) is 42.5 Å². The second kappa shape index (κ2) is 8.30. The van der Waals surface area contributed by atoms with Crippen LogP contribution in [0.15, 0.2) is 67.0 Å². The molecule has 1 aromatic heterocycles. The topological polar surface area (TPSA) is 35.5 Å². The molecule has 0 bridgehead atoms. The van der Waals surface area contributed by atoms with E-state index in [2.05, 4.69) is 93.2 Å². The number of aryl methyl sites for hydroxylation is 1. The smallest absolute Gasteiger partial charge is 0.134 e. The van der Waals surface area contributed by atoms with E-state index in [1.807, 2.05) is 6.07 Å². The highest BCUT2D eigenvalue weighted by atomic mass is 15.3. The maximum Gasteiger partial charge on any atom is 0.134 e. The molecule has 0 unspecified atom stereocenters. The Hall–Kier alpha value is -3.08. The normalized spacial score (nSPS) is 14.2. The molecular weight excluding hydrogens is 346 g/mol. The predicted octanol–water partition coefficient (Wildman–Crippen LogP) is 3.75. The minimum atomic E-state index is 0.832. The third-order valence-electron chi connectivity index (χ3n) is 5.26. The minimum Gasteiger partial charge on any atom is -0.368 e. The Morgan fingerprint density at radius 1 is 0.857 bits per heavy atom. The Labute approximate surface area is 167 Å². The fourth-order valence-corrected chi connectivity index (χ4v) is 3.68. The monoisotopic (exact) mass is 373 g/mol. The quantitative estimate of drug-likeness (QED) is 0.681. The number of aromatic nitrogens is 2. The van der Waals surface area contributed by atoms with Crippen LogP contribution in [0.3, 0.4) is 0 Å². The van der Waals surface area contributed by atoms with Crippen LogP contribution in [0.1, 0.15) is 11.1 Å². The van der Waals surface area contributed by atoms with Gasteiger partial charge in [0.1, 0.15) is 18.0 Å². The van der Waals surface area contributed by atoms with Gasteiger partial charge in [0.2, 0.25) is 0 Å². The van der Waals surface area contributed by atoms with Crippen molar-refractivity contribution in [2.24, 2.45) is 0 Å². The third kappa shape index (κ3) is 4.25. The van der Waals surface area contributed by atoms with E-state index in [4.69, 9.17) is 0 Å². The zero-order valence-corrected chi connectivity index (χ0v) is 16.6. The number of nitrogens with zero attached hydrogens (tertiary/aromatic N) is 5. The summed E-state index contributed by atoms with van der Waals surface area (Å²) in [6.07, 6.45) is 1.68. The number of hydrogen-bond acceptors (Lipinski definition) is 5. The van der Waals surface area contributed by atoms with Gasteiger partial charge in [-0.25, -0.2) is 9.97 Å². The van der Waals surface area contributed by atoms with Gasteiger partial charge >= 0.3 is 0 Å². The molecule has 0 amide bonds. The maximum absolute atomic E-state index is 4.53. The Morgan fingerprint density at radius 2 is 1.61 bits per heavy atom. The van der Waals surface area contributed by atoms with Crippen LogP contribution in [0.2, 0.25) is 0 Å². The summed E-state index contributed by atoms with van der Waals surface area (Å²) in [6, 6.07) is 21.3. The Kier molecular flexibility index (Phi) is 5.42. The lowest BCUT2D eigenvalue weighted by atomic mass is 10.2. The van der Waals surface area contributed by atoms with Crippen LogP contribution in [-0.2, 0) is 6.54 Å². The van der Waals surface area contributed by atoms with Gasteiger partial charge in [0.25, 0.3) is 0 Å². The Morgan fingerprint density at radius 3 is 2.36 bits per heavy atom. The molecule has 144 valence electrons. The lowest BCUT2D eigenvalue weighted by Crippen LogP contribution is -2.46. The van der Waals surface area contributed by atoms with Crippen molar-refractivity contribution in [3.63, 3.8) is 0 Å². The molecule has 2 aromatic carbocycles. The van der Waals surface area contributed by atoms with Crippen molar-refractivity contribution in [2.45, 2.75) is 13.5 Å². The van der Waals surface area contributed by atoms with E-state index in [9.17, 15) is 0 Å². The highest BCUT2D eigenvalue weighted by molar-refractivity contribution is 5.53. The van der Waals surface area contributed by atoms with Gasteiger partial charge in [-0.05, 0) is 30.2 Å². The van der Waals surface area contributed by atoms with E-state index in [1.54, 1.807) is 6.33 Å². The second-order valence-corrected chi connectivity index (χ2v) is 7.39. The molecule has 2 heterocycles. The van der Waals surface area contributed by atoms with Gasteiger partial charge in [-0.3, -0.25) is 0 Å². The molecule has 28 heavy (non-hydrogen) atoms. The van der Waals surface area contributed by atoms with E-state index >= 15 is 0 Å². The predicted molar refractivity (Wildman–Crippen MR) is 116 cm³/mol. The zero-order valence-electron chi connectivity index (χ0n) is 16.6. The first-order valence-electron chi connectivity index (χ1n) is 9.83. The molecule has 1 aliphatic rings. The van der Waals surface area contributed by atoms with Gasteiger partial charge in [0, 0.05) is 51.5 Å². The third-order valence-corrected chi connectivity index (χ3v) is 5.26. The van der Waals surface area contributed by atoms with Gasteiger partial charge < -0.3 is 14.7 Å². The van der Waals surface area contributed by atoms with Crippen LogP contribution < -0.4 is 14.7 Å². The SMILES string of the molecule is Cc1cccc(N2CCN(c3cc(N(C)Cc4ccccc4)ncn3)CC2)c1. The molecule has 1 fully saturated rings. The number of anilines is 3. The maximum atomic E-state index is 4.53. The Balaban J connectivity index is 1.41. The van der Waals surface area contributed by atoms with Crippen LogP contribution in [0, 0.1) is 6.92 Å². The van der Waals surface area contributed by atoms with Crippen molar-refractivity contribution < 1.29 is 0 Å². The largest absolute Gasteiger partial charge is 0.368 e. The summed E-state index contributed by atoms with van der Waals surface area (Å²) >= 11 is 0. The second-order valence-electron chi connectivity index (χ2n) is 7.39. The summed E-state index contributed by atoms with van der Waals surface area (Å²) in [5.41, 5.74) is 3.89. The number of benzene rings is 2. The summed E-state index contributed by atoms with van der Waals surface area (Å²) in [6.45, 7) is 6.91. The van der Waals surface area contributed by atoms with E-state index in [0.29, 0.717) is 0 Å². The first-order chi connectivity index (χ1) is 13.7. The summed E-state index contributed by atoms with van der Waals surface area (Å²) in [5, 5.41) is 0. The van der Waals surface area contributed by atoms with Crippen molar-refractivity contribution in [2.75, 3.05) is 47.9 Å². The average Bonchev–Trinajstić information content (AvgIpc) is 2.75. The lowest BCUT2D eigenvalue weighted by Gasteiger charge is -2.37. The van der Waals surface area contributed by atoms with Crippen LogP contribution >= 0.6 is 0 Å². The van der Waals surface area contributed by atoms with Gasteiger partial charge in [0.15, 0.2) is 0 Å². The first-order valence-corrected chi connectivity index (χ1v) is 9.83. The molecule has 0 spiro atoms. The zero-order chi connectivity index (χ0) is 19.3. The summed E-state index contributed by atoms with van der Waals surface area (Å²) < 4.78 is 0. The molecule has 5 heteroatoms. The van der Waals surface area contributed by atoms with E-state index in [1.165, 1.54) is 16.8 Å². The van der Waals surface area contributed by atoms with Crippen molar-refractivity contribution in [1.82, 2.24) is 9.97 Å². The molecule has 0 aliphatic carbocycles. The summed E-state index contributed by atoms with van der Waals surface area (Å²) in [5.74, 6) is 1.96. The molecule has 3 aromatic rings. The molecule has 1 aliphatic heterocycles. The lowest BCUT2D eigenvalue weighted by molar-refractivity contribution is 0.646. The van der Waals surface area contributed by atoms with Gasteiger partial charge in [0.05, 0.1) is 0 Å². The summed E-state index contributed by atoms with van der Waals surface area (Å²) in [4.78, 5) is 16.0. The average molecular weight is 374 g/mol. The van der Waals surface area contributed by atoms with Crippen LogP contribution in [-0.4, -0.2) is 43.2 Å². The number of hydrogen-bond donors (Lipinski definition) is 0. The Bertz CT molecular complexity index is 904. The fourth-order valence-electron chi connectivity index (χ4n) is 3.68. The van der Waals surface area contributed by atoms with Gasteiger partial charge in [-0.2, -0.15) is 0 Å². The fraction of sp³-hybridized carbons (Fsp3) is 0.304. The van der Waals surface area contributed by atoms with Crippen LogP contribution in [0.4, 0.5) is 17.3 Å². The van der Waals surface area contributed by atoms with Crippen molar-refractivity contribution >= 4 is 17.3 Å². The van der Waals surface area contributed by atoms with Crippen molar-refractivity contribution in [3.8, 4) is 0 Å². The van der Waals surface area contributed by atoms with E-state index < -0.39 is 0 Å². The first kappa shape index (κ1) is 18.3. The van der Waals surface area contributed by atoms with Crippen LogP contribution in [0.5, 0.6) is 0 Å². The number of rotatable bonds is 5. The number of piperazine rings is 1. The van der Waals surface area contributed by atoms with Crippen molar-refractivity contribution in [3.05, 3.63) is 78.1 Å². The molecule has 4 rings (SSSR count). The highest BCUT2D eigenvalue weighted by Gasteiger charge is 2.19. The summed E-state index contributed by atoms with van der Waals surface area (Å²) in [7, 11) is 2.08. The molecular formula is C23H27N5. The highest BCUT2D eigenvalue weighted by Crippen LogP contribution is 2.22. The molecule has 0 radical (unpaired) electrons. The minimum absolute atomic E-state index is 0.832. The van der Waals surface area contributed by atoms with Gasteiger partial charge in [-0.15, -0.1) is 0 Å².